The average molecular weight is 368 g/mol. The summed E-state index contributed by atoms with van der Waals surface area (Å²) in [5.74, 6) is -2.75. The van der Waals surface area contributed by atoms with Gasteiger partial charge in [0.2, 0.25) is 0 Å². The highest BCUT2D eigenvalue weighted by molar-refractivity contribution is 6.10. The fraction of sp³-hybridized carbons (Fsp3) is 0.200. The minimum atomic E-state index is -5.28. The number of alkyl halides is 3. The molecule has 1 aliphatic heterocycles. The zero-order valence-corrected chi connectivity index (χ0v) is 12.9. The Kier molecular flexibility index (Phi) is 4.14. The van der Waals surface area contributed by atoms with Crippen molar-refractivity contribution in [2.24, 2.45) is 0 Å². The van der Waals surface area contributed by atoms with Crippen LogP contribution in [0.15, 0.2) is 47.3 Å². The van der Waals surface area contributed by atoms with E-state index in [1.54, 1.807) is 10.6 Å². The van der Waals surface area contributed by atoms with Crippen LogP contribution < -0.4 is 10.6 Å². The largest absolute Gasteiger partial charge is 0.467 e. The second-order valence-electron chi connectivity index (χ2n) is 5.34. The minimum absolute atomic E-state index is 0.104. The molecule has 1 atom stereocenters. The SMILES string of the molecule is O=C(N[C@@]1(C(F)(F)F)NC(=O)N(Cc2ccco2)C1=O)c1ccncc1. The summed E-state index contributed by atoms with van der Waals surface area (Å²) in [7, 11) is 0. The van der Waals surface area contributed by atoms with E-state index in [0.717, 1.165) is 0 Å². The van der Waals surface area contributed by atoms with Gasteiger partial charge in [-0.05, 0) is 24.3 Å². The average Bonchev–Trinajstić information content (AvgIpc) is 3.18. The van der Waals surface area contributed by atoms with E-state index in [-0.39, 0.29) is 11.3 Å². The number of hydrogen-bond acceptors (Lipinski definition) is 5. The third kappa shape index (κ3) is 2.87. The second-order valence-corrected chi connectivity index (χ2v) is 5.34. The molecule has 1 saturated heterocycles. The Morgan fingerprint density at radius 2 is 1.96 bits per heavy atom. The number of nitrogens with zero attached hydrogens (tertiary/aromatic N) is 2. The van der Waals surface area contributed by atoms with Gasteiger partial charge < -0.3 is 9.73 Å². The van der Waals surface area contributed by atoms with E-state index in [4.69, 9.17) is 4.42 Å². The molecule has 3 rings (SSSR count). The first-order chi connectivity index (χ1) is 12.2. The molecule has 4 amide bonds. The van der Waals surface area contributed by atoms with Gasteiger partial charge in [0.1, 0.15) is 5.76 Å². The van der Waals surface area contributed by atoms with Crippen molar-refractivity contribution in [2.45, 2.75) is 18.4 Å². The standard InChI is InChI=1S/C15H11F3N4O4/c16-15(17,18)14(20-11(23)9-3-5-19-6-4-9)12(24)22(13(25)21-14)8-10-2-1-7-26-10/h1-7H,8H2,(H,20,23)(H,21,25)/t14-/m1/s1. The van der Waals surface area contributed by atoms with E-state index >= 15 is 0 Å². The monoisotopic (exact) mass is 368 g/mol. The molecule has 8 nitrogen and oxygen atoms in total. The number of hydrogen-bond donors (Lipinski definition) is 2. The van der Waals surface area contributed by atoms with Crippen molar-refractivity contribution in [1.29, 1.82) is 0 Å². The highest BCUT2D eigenvalue weighted by Crippen LogP contribution is 2.34. The molecule has 1 fully saturated rings. The zero-order valence-electron chi connectivity index (χ0n) is 12.9. The molecule has 0 unspecified atom stereocenters. The van der Waals surface area contributed by atoms with Crippen molar-refractivity contribution in [3.63, 3.8) is 0 Å². The van der Waals surface area contributed by atoms with Crippen LogP contribution in [0.3, 0.4) is 0 Å². The summed E-state index contributed by atoms with van der Waals surface area (Å²) in [4.78, 5) is 40.5. The topological polar surface area (TPSA) is 105 Å². The molecule has 2 aromatic heterocycles. The molecular weight excluding hydrogens is 357 g/mol. The number of urea groups is 1. The van der Waals surface area contributed by atoms with Gasteiger partial charge in [-0.2, -0.15) is 13.2 Å². The summed E-state index contributed by atoms with van der Waals surface area (Å²) in [6, 6.07) is 3.88. The predicted octanol–water partition coefficient (Wildman–Crippen LogP) is 1.42. The van der Waals surface area contributed by atoms with E-state index in [9.17, 15) is 27.6 Å². The van der Waals surface area contributed by atoms with Gasteiger partial charge in [-0.1, -0.05) is 0 Å². The third-order valence-electron chi connectivity index (χ3n) is 3.67. The molecule has 0 saturated carbocycles. The molecule has 0 bridgehead atoms. The Morgan fingerprint density at radius 3 is 2.54 bits per heavy atom. The number of carbonyl (C=O) groups is 3. The van der Waals surface area contributed by atoms with Crippen LogP contribution in [-0.4, -0.2) is 39.6 Å². The van der Waals surface area contributed by atoms with E-state index in [1.165, 1.54) is 42.9 Å². The predicted molar refractivity (Wildman–Crippen MR) is 78.3 cm³/mol. The van der Waals surface area contributed by atoms with E-state index < -0.39 is 36.2 Å². The Bertz CT molecular complexity index is 838. The van der Waals surface area contributed by atoms with Crippen LogP contribution in [0.1, 0.15) is 16.1 Å². The maximum atomic E-state index is 13.7. The zero-order chi connectivity index (χ0) is 18.9. The van der Waals surface area contributed by atoms with Gasteiger partial charge in [-0.15, -0.1) is 0 Å². The first-order valence-electron chi connectivity index (χ1n) is 7.20. The number of aromatic nitrogens is 1. The minimum Gasteiger partial charge on any atom is -0.467 e. The van der Waals surface area contributed by atoms with Crippen molar-refractivity contribution in [3.05, 3.63) is 54.2 Å². The summed E-state index contributed by atoms with van der Waals surface area (Å²) < 4.78 is 45.9. The summed E-state index contributed by atoms with van der Waals surface area (Å²) >= 11 is 0. The fourth-order valence-electron chi connectivity index (χ4n) is 2.37. The Hall–Kier alpha value is -3.37. The lowest BCUT2D eigenvalue weighted by molar-refractivity contribution is -0.200. The number of amides is 4. The van der Waals surface area contributed by atoms with Crippen molar-refractivity contribution in [1.82, 2.24) is 20.5 Å². The first kappa shape index (κ1) is 17.5. The number of halogens is 3. The molecule has 3 heterocycles. The first-order valence-corrected chi connectivity index (χ1v) is 7.20. The van der Waals surface area contributed by atoms with Crippen LogP contribution in [0.4, 0.5) is 18.0 Å². The van der Waals surface area contributed by atoms with Crippen LogP contribution in [0.25, 0.3) is 0 Å². The normalized spacial score (nSPS) is 20.2. The summed E-state index contributed by atoms with van der Waals surface area (Å²) in [6.45, 7) is -0.513. The number of imide groups is 1. The van der Waals surface area contributed by atoms with Gasteiger partial charge in [0.25, 0.3) is 17.5 Å². The Labute approximate surface area is 144 Å². The van der Waals surface area contributed by atoms with E-state index in [0.29, 0.717) is 4.90 Å². The quantitative estimate of drug-likeness (QED) is 0.794. The maximum absolute atomic E-state index is 13.7. The van der Waals surface area contributed by atoms with Gasteiger partial charge >= 0.3 is 12.2 Å². The molecule has 11 heteroatoms. The molecule has 26 heavy (non-hydrogen) atoms. The lowest BCUT2D eigenvalue weighted by atomic mass is 10.1. The maximum Gasteiger partial charge on any atom is 0.440 e. The Morgan fingerprint density at radius 1 is 1.27 bits per heavy atom. The molecule has 0 spiro atoms. The molecule has 2 aromatic rings. The number of furan rings is 1. The lowest BCUT2D eigenvalue weighted by Gasteiger charge is -2.29. The van der Waals surface area contributed by atoms with Crippen LogP contribution in [-0.2, 0) is 11.3 Å². The number of rotatable bonds is 4. The number of carbonyl (C=O) groups excluding carboxylic acids is 3. The fourth-order valence-corrected chi connectivity index (χ4v) is 2.37. The summed E-state index contributed by atoms with van der Waals surface area (Å²) in [5, 5.41) is 3.14. The Balaban J connectivity index is 1.92. The smallest absolute Gasteiger partial charge is 0.440 e. The number of pyridine rings is 1. The molecule has 2 N–H and O–H groups in total. The molecule has 0 aromatic carbocycles. The van der Waals surface area contributed by atoms with Gasteiger partial charge in [0, 0.05) is 18.0 Å². The highest BCUT2D eigenvalue weighted by atomic mass is 19.4. The highest BCUT2D eigenvalue weighted by Gasteiger charge is 2.68. The number of nitrogens with one attached hydrogen (secondary N) is 2. The van der Waals surface area contributed by atoms with Crippen molar-refractivity contribution < 1.29 is 32.0 Å². The van der Waals surface area contributed by atoms with Crippen LogP contribution in [0, 0.1) is 0 Å². The molecule has 1 aliphatic rings. The van der Waals surface area contributed by atoms with Crippen LogP contribution >= 0.6 is 0 Å². The van der Waals surface area contributed by atoms with Gasteiger partial charge in [0.05, 0.1) is 12.8 Å². The van der Waals surface area contributed by atoms with E-state index in [1.807, 2.05) is 0 Å². The van der Waals surface area contributed by atoms with Gasteiger partial charge in [-0.3, -0.25) is 24.8 Å². The molecule has 136 valence electrons. The van der Waals surface area contributed by atoms with Crippen LogP contribution in [0.5, 0.6) is 0 Å². The van der Waals surface area contributed by atoms with E-state index in [2.05, 4.69) is 4.98 Å². The second kappa shape index (κ2) is 6.17. The van der Waals surface area contributed by atoms with Crippen LogP contribution in [0.2, 0.25) is 0 Å². The summed E-state index contributed by atoms with van der Waals surface area (Å²) in [6.07, 6.45) is -1.63. The van der Waals surface area contributed by atoms with Crippen molar-refractivity contribution >= 4 is 17.8 Å². The summed E-state index contributed by atoms with van der Waals surface area (Å²) in [5.41, 5.74) is -3.73. The molecule has 0 aliphatic carbocycles. The van der Waals surface area contributed by atoms with Crippen molar-refractivity contribution in [2.75, 3.05) is 0 Å². The third-order valence-corrected chi connectivity index (χ3v) is 3.67. The van der Waals surface area contributed by atoms with Crippen molar-refractivity contribution in [3.8, 4) is 0 Å². The lowest BCUT2D eigenvalue weighted by Crippen LogP contribution is -2.69. The van der Waals surface area contributed by atoms with Gasteiger partial charge in [-0.25, -0.2) is 4.79 Å². The van der Waals surface area contributed by atoms with Gasteiger partial charge in [0.15, 0.2) is 0 Å². The molecule has 0 radical (unpaired) electrons. The molecular formula is C15H11F3N4O4.